The van der Waals surface area contributed by atoms with E-state index in [1.807, 2.05) is 18.2 Å². The van der Waals surface area contributed by atoms with Crippen molar-refractivity contribution in [1.82, 2.24) is 4.90 Å². The molecule has 0 saturated heterocycles. The van der Waals surface area contributed by atoms with Gasteiger partial charge in [0.05, 0.1) is 17.7 Å². The van der Waals surface area contributed by atoms with E-state index < -0.39 is 0 Å². The number of benzene rings is 3. The summed E-state index contributed by atoms with van der Waals surface area (Å²) in [4.78, 5) is 27.8. The molecular weight excluding hydrogens is 582 g/mol. The van der Waals surface area contributed by atoms with Crippen LogP contribution in [0.15, 0.2) is 78.4 Å². The number of phenolic OH excluding ortho intramolecular Hbond substituents is 2. The largest absolute Gasteiger partial charge is 0.507 e. The van der Waals surface area contributed by atoms with Crippen LogP contribution in [0.5, 0.6) is 11.5 Å². The quantitative estimate of drug-likeness (QED) is 0.0965. The number of carbonyl (C=O) groups excluding carboxylic acids is 2. The molecule has 1 fully saturated rings. The molecule has 45 heavy (non-hydrogen) atoms. The molecule has 0 aromatic heterocycles. The summed E-state index contributed by atoms with van der Waals surface area (Å²) in [6.45, 7) is 9.04. The number of imide groups is 1. The Labute approximate surface area is 271 Å². The SMILES string of the molecule is CC(C)(c1cc(O)c([C@H]2C=C(CN3C(=O)c4ccccc4C3=O)[C@H]3C[C@@H]2C3(C)C)c(O)c1)[C@H](CCCCCCl)c1ccccc1. The van der Waals surface area contributed by atoms with Crippen molar-refractivity contribution in [2.75, 3.05) is 12.4 Å². The fourth-order valence-electron chi connectivity index (χ4n) is 8.46. The molecule has 6 heteroatoms. The molecule has 0 unspecified atom stereocenters. The molecule has 4 aliphatic rings. The number of halogens is 1. The summed E-state index contributed by atoms with van der Waals surface area (Å²) < 4.78 is 0. The first-order valence-electron chi connectivity index (χ1n) is 16.3. The van der Waals surface area contributed by atoms with E-state index in [0.29, 0.717) is 22.6 Å². The highest BCUT2D eigenvalue weighted by atomic mass is 35.5. The third-order valence-electron chi connectivity index (χ3n) is 11.3. The van der Waals surface area contributed by atoms with Gasteiger partial charge in [-0.05, 0) is 83.2 Å². The number of amides is 2. The number of fused-ring (bicyclic) bond motifs is 2. The van der Waals surface area contributed by atoms with Gasteiger partial charge in [0, 0.05) is 17.4 Å². The van der Waals surface area contributed by atoms with Gasteiger partial charge in [-0.15, -0.1) is 11.6 Å². The summed E-state index contributed by atoms with van der Waals surface area (Å²) in [7, 11) is 0. The molecular formula is C39H44ClNO4. The van der Waals surface area contributed by atoms with Gasteiger partial charge in [-0.25, -0.2) is 0 Å². The lowest BCUT2D eigenvalue weighted by atomic mass is 9.45. The van der Waals surface area contributed by atoms with Gasteiger partial charge in [0.25, 0.3) is 11.8 Å². The van der Waals surface area contributed by atoms with E-state index in [0.717, 1.165) is 43.2 Å². The maximum absolute atomic E-state index is 13.2. The van der Waals surface area contributed by atoms with Crippen LogP contribution in [0.4, 0.5) is 0 Å². The first-order valence-corrected chi connectivity index (χ1v) is 16.8. The van der Waals surface area contributed by atoms with E-state index in [9.17, 15) is 19.8 Å². The Balaban J connectivity index is 1.32. The maximum Gasteiger partial charge on any atom is 0.261 e. The average Bonchev–Trinajstić information content (AvgIpc) is 3.25. The fraction of sp³-hybridized carbons (Fsp3) is 0.436. The van der Waals surface area contributed by atoms with Crippen LogP contribution in [0.2, 0.25) is 0 Å². The van der Waals surface area contributed by atoms with Crippen molar-refractivity contribution in [2.45, 2.75) is 77.0 Å². The van der Waals surface area contributed by atoms with Crippen molar-refractivity contribution in [3.05, 3.63) is 106 Å². The molecule has 3 aromatic carbocycles. The van der Waals surface area contributed by atoms with Gasteiger partial charge < -0.3 is 10.2 Å². The zero-order chi connectivity index (χ0) is 32.1. The van der Waals surface area contributed by atoms with Crippen molar-refractivity contribution < 1.29 is 19.8 Å². The molecule has 5 nitrogen and oxygen atoms in total. The Kier molecular flexibility index (Phi) is 8.36. The fourth-order valence-corrected chi connectivity index (χ4v) is 8.65. The molecule has 2 bridgehead atoms. The van der Waals surface area contributed by atoms with Gasteiger partial charge in [0.2, 0.25) is 0 Å². The van der Waals surface area contributed by atoms with Gasteiger partial charge in [0.1, 0.15) is 11.5 Å². The second kappa shape index (κ2) is 12.0. The minimum absolute atomic E-state index is 0.0921. The number of hydrogen-bond acceptors (Lipinski definition) is 4. The van der Waals surface area contributed by atoms with Gasteiger partial charge in [-0.2, -0.15) is 0 Å². The van der Waals surface area contributed by atoms with Gasteiger partial charge in [-0.3, -0.25) is 14.5 Å². The Hall–Kier alpha value is -3.57. The third-order valence-corrected chi connectivity index (χ3v) is 11.5. The van der Waals surface area contributed by atoms with E-state index in [4.69, 9.17) is 11.6 Å². The number of rotatable bonds is 11. The summed E-state index contributed by atoms with van der Waals surface area (Å²) in [6, 6.07) is 21.2. The number of carbonyl (C=O) groups is 2. The number of phenols is 2. The predicted octanol–water partition coefficient (Wildman–Crippen LogP) is 8.94. The first-order chi connectivity index (χ1) is 21.5. The van der Waals surface area contributed by atoms with Gasteiger partial charge >= 0.3 is 0 Å². The molecule has 1 heterocycles. The van der Waals surface area contributed by atoms with E-state index in [1.54, 1.807) is 24.3 Å². The summed E-state index contributed by atoms with van der Waals surface area (Å²) in [5.41, 5.74) is 4.11. The highest BCUT2D eigenvalue weighted by Gasteiger charge is 2.57. The molecule has 1 aliphatic heterocycles. The number of aromatic hydroxyl groups is 2. The maximum atomic E-state index is 13.2. The number of alkyl halides is 1. The van der Waals surface area contributed by atoms with Crippen molar-refractivity contribution >= 4 is 23.4 Å². The van der Waals surface area contributed by atoms with E-state index >= 15 is 0 Å². The van der Waals surface area contributed by atoms with Crippen LogP contribution in [-0.4, -0.2) is 39.4 Å². The number of allylic oxidation sites excluding steroid dienone is 1. The highest BCUT2D eigenvalue weighted by molar-refractivity contribution is 6.21. The van der Waals surface area contributed by atoms with E-state index in [1.165, 1.54) is 10.5 Å². The van der Waals surface area contributed by atoms with Crippen molar-refractivity contribution in [3.63, 3.8) is 0 Å². The summed E-state index contributed by atoms with van der Waals surface area (Å²) in [6.07, 6.45) is 7.07. The Morgan fingerprint density at radius 1 is 0.911 bits per heavy atom. The van der Waals surface area contributed by atoms with E-state index in [2.05, 4.69) is 58.0 Å². The minimum atomic E-state index is -0.365. The lowest BCUT2D eigenvalue weighted by Gasteiger charge is -2.60. The lowest BCUT2D eigenvalue weighted by molar-refractivity contribution is -0.0233. The summed E-state index contributed by atoms with van der Waals surface area (Å²) in [5.74, 6) is 0.735. The smallest absolute Gasteiger partial charge is 0.261 e. The molecule has 2 amide bonds. The van der Waals surface area contributed by atoms with Crippen LogP contribution in [0.3, 0.4) is 0 Å². The third kappa shape index (κ3) is 5.37. The molecule has 7 rings (SSSR count). The minimum Gasteiger partial charge on any atom is -0.507 e. The predicted molar refractivity (Wildman–Crippen MR) is 179 cm³/mol. The van der Waals surface area contributed by atoms with Crippen molar-refractivity contribution in [2.24, 2.45) is 17.3 Å². The number of nitrogens with zero attached hydrogens (tertiary/aromatic N) is 1. The average molecular weight is 626 g/mol. The van der Waals surface area contributed by atoms with Crippen LogP contribution < -0.4 is 0 Å². The molecule has 0 spiro atoms. The Morgan fingerprint density at radius 2 is 1.51 bits per heavy atom. The monoisotopic (exact) mass is 625 g/mol. The van der Waals surface area contributed by atoms with Crippen molar-refractivity contribution in [1.29, 1.82) is 0 Å². The number of unbranched alkanes of at least 4 members (excludes halogenated alkanes) is 2. The molecule has 1 saturated carbocycles. The second-order valence-corrected chi connectivity index (χ2v) is 14.8. The Morgan fingerprint density at radius 3 is 2.09 bits per heavy atom. The molecule has 0 radical (unpaired) electrons. The van der Waals surface area contributed by atoms with Gasteiger partial charge in [0.15, 0.2) is 0 Å². The zero-order valence-electron chi connectivity index (χ0n) is 26.7. The van der Waals surface area contributed by atoms with Crippen LogP contribution in [0.25, 0.3) is 0 Å². The molecule has 3 aliphatic carbocycles. The first kappa shape index (κ1) is 31.4. The molecule has 3 aromatic rings. The topological polar surface area (TPSA) is 77.8 Å². The molecule has 236 valence electrons. The zero-order valence-corrected chi connectivity index (χ0v) is 27.5. The Bertz CT molecular complexity index is 1580. The normalized spacial score (nSPS) is 22.6. The summed E-state index contributed by atoms with van der Waals surface area (Å²) >= 11 is 5.96. The van der Waals surface area contributed by atoms with Gasteiger partial charge in [-0.1, -0.05) is 94.7 Å². The second-order valence-electron chi connectivity index (χ2n) is 14.4. The van der Waals surface area contributed by atoms with Crippen LogP contribution >= 0.6 is 11.6 Å². The molecule has 2 N–H and O–H groups in total. The van der Waals surface area contributed by atoms with Crippen molar-refractivity contribution in [3.8, 4) is 11.5 Å². The standard InChI is InChI=1S/C39H44ClNO4/c1-38(2,30(17-9-6-12-18-40)24-13-7-5-8-14-24)26-20-33(42)35(34(43)21-26)29-19-25(31-22-32(29)39(31,3)4)23-41-36(44)27-15-10-11-16-28(27)37(41)45/h5,7-8,10-11,13-16,19-21,29-32,42-43H,6,9,12,17-18,22-23H2,1-4H3/t29-,30+,31+,32-/m0/s1. The lowest BCUT2D eigenvalue weighted by Crippen LogP contribution is -2.53. The van der Waals surface area contributed by atoms with Crippen LogP contribution in [0.1, 0.15) is 109 Å². The van der Waals surface area contributed by atoms with E-state index in [-0.39, 0.29) is 64.4 Å². The number of hydrogen-bond donors (Lipinski definition) is 2. The molecule has 4 atom stereocenters. The van der Waals surface area contributed by atoms with Crippen LogP contribution in [-0.2, 0) is 5.41 Å². The van der Waals surface area contributed by atoms with Crippen LogP contribution in [0, 0.1) is 17.3 Å². The summed E-state index contributed by atoms with van der Waals surface area (Å²) in [5, 5.41) is 23.3. The highest BCUT2D eigenvalue weighted by Crippen LogP contribution is 2.65.